The zero-order valence-electron chi connectivity index (χ0n) is 14.7. The maximum absolute atomic E-state index is 12.4. The quantitative estimate of drug-likeness (QED) is 0.356. The van der Waals surface area contributed by atoms with Gasteiger partial charge < -0.3 is 9.47 Å². The predicted octanol–water partition coefficient (Wildman–Crippen LogP) is 3.38. The van der Waals surface area contributed by atoms with Crippen LogP contribution in [-0.2, 0) is 20.3 Å². The topological polar surface area (TPSA) is 69.7 Å². The third-order valence-electron chi connectivity index (χ3n) is 4.01. The van der Waals surface area contributed by atoms with Gasteiger partial charge in [0.2, 0.25) is 0 Å². The molecule has 27 heavy (non-hydrogen) atoms. The van der Waals surface area contributed by atoms with Crippen LogP contribution in [-0.4, -0.2) is 35.4 Å². The Kier molecular flexibility index (Phi) is 5.98. The fourth-order valence-corrected chi connectivity index (χ4v) is 3.49. The number of esters is 1. The number of hydrogen-bond acceptors (Lipinski definition) is 5. The number of carbonyl (C=O) groups is 2. The molecule has 0 saturated carbocycles. The fourth-order valence-electron chi connectivity index (χ4n) is 2.58. The van der Waals surface area contributed by atoms with Crippen molar-refractivity contribution in [3.63, 3.8) is 0 Å². The largest absolute Gasteiger partial charge is 0.493 e. The lowest BCUT2D eigenvalue weighted by molar-refractivity contribution is -0.135. The summed E-state index contributed by atoms with van der Waals surface area (Å²) in [6, 6.07) is 19.9. The van der Waals surface area contributed by atoms with Crippen molar-refractivity contribution in [2.75, 3.05) is 19.5 Å². The van der Waals surface area contributed by atoms with Crippen molar-refractivity contribution in [3.8, 4) is 5.75 Å². The highest BCUT2D eigenvalue weighted by atomic mass is 32.2. The van der Waals surface area contributed by atoms with E-state index in [9.17, 15) is 13.8 Å². The molecule has 3 aromatic rings. The number of fused-ring (bicyclic) bond motifs is 1. The molecule has 0 aliphatic rings. The molecule has 0 saturated heterocycles. The van der Waals surface area contributed by atoms with Gasteiger partial charge in [0.1, 0.15) is 12.4 Å². The van der Waals surface area contributed by atoms with Crippen LogP contribution in [0.3, 0.4) is 0 Å². The third-order valence-corrected chi connectivity index (χ3v) is 5.34. The normalized spacial score (nSPS) is 11.7. The van der Waals surface area contributed by atoms with Gasteiger partial charge in [-0.3, -0.25) is 9.00 Å². The van der Waals surface area contributed by atoms with E-state index < -0.39 is 22.6 Å². The molecule has 138 valence electrons. The number of Topliss-reactive ketones (excluding diaryl/α,β-unsaturated/α-hetero) is 1. The van der Waals surface area contributed by atoms with Crippen LogP contribution < -0.4 is 4.74 Å². The van der Waals surface area contributed by atoms with Gasteiger partial charge in [0, 0.05) is 10.5 Å². The number of rotatable bonds is 7. The van der Waals surface area contributed by atoms with Crippen LogP contribution >= 0.6 is 0 Å². The summed E-state index contributed by atoms with van der Waals surface area (Å²) in [6.07, 6.45) is 0. The lowest BCUT2D eigenvalue weighted by Crippen LogP contribution is -2.15. The molecule has 1 unspecified atom stereocenters. The fraction of sp³-hybridized carbons (Fsp3) is 0.143. The summed E-state index contributed by atoms with van der Waals surface area (Å²) < 4.78 is 22.5. The van der Waals surface area contributed by atoms with Crippen LogP contribution in [0.25, 0.3) is 10.8 Å². The van der Waals surface area contributed by atoms with Crippen LogP contribution in [0.15, 0.2) is 71.6 Å². The number of ether oxygens (including phenoxy) is 2. The van der Waals surface area contributed by atoms with Gasteiger partial charge in [-0.25, -0.2) is 4.79 Å². The molecule has 0 bridgehead atoms. The standard InChI is InChI=1S/C21H18O5S/c1-25-21(23)20(22)16-7-10-19(11-8-16)27(24)13-12-26-18-9-6-15-4-2-3-5-17(15)14-18/h2-11,14H,12-13H2,1H3. The zero-order valence-corrected chi connectivity index (χ0v) is 15.5. The van der Waals surface area contributed by atoms with E-state index in [1.807, 2.05) is 42.5 Å². The summed E-state index contributed by atoms with van der Waals surface area (Å²) in [4.78, 5) is 23.5. The first-order valence-corrected chi connectivity index (χ1v) is 9.63. The first-order chi connectivity index (χ1) is 13.1. The smallest absolute Gasteiger partial charge is 0.379 e. The average molecular weight is 382 g/mol. The Labute approximate surface area is 159 Å². The van der Waals surface area contributed by atoms with Gasteiger partial charge in [0.05, 0.1) is 23.7 Å². The molecule has 3 rings (SSSR count). The number of carbonyl (C=O) groups excluding carboxylic acids is 2. The number of methoxy groups -OCH3 is 1. The molecule has 6 heteroatoms. The molecule has 0 aromatic heterocycles. The van der Waals surface area contributed by atoms with Gasteiger partial charge >= 0.3 is 5.97 Å². The summed E-state index contributed by atoms with van der Waals surface area (Å²) in [6.45, 7) is 0.299. The van der Waals surface area contributed by atoms with E-state index in [4.69, 9.17) is 4.74 Å². The molecule has 5 nitrogen and oxygen atoms in total. The van der Waals surface area contributed by atoms with Crippen LogP contribution in [0, 0.1) is 0 Å². The molecule has 1 atom stereocenters. The molecule has 0 spiro atoms. The SMILES string of the molecule is COC(=O)C(=O)c1ccc(S(=O)CCOc2ccc3ccccc3c2)cc1. The molecule has 0 fully saturated rings. The molecule has 0 radical (unpaired) electrons. The zero-order chi connectivity index (χ0) is 19.2. The van der Waals surface area contributed by atoms with E-state index in [0.29, 0.717) is 17.3 Å². The van der Waals surface area contributed by atoms with Gasteiger partial charge in [-0.05, 0) is 47.2 Å². The summed E-state index contributed by atoms with van der Waals surface area (Å²) in [7, 11) is -0.119. The van der Waals surface area contributed by atoms with Crippen LogP contribution in [0.4, 0.5) is 0 Å². The lowest BCUT2D eigenvalue weighted by Gasteiger charge is -2.08. The van der Waals surface area contributed by atoms with E-state index in [1.54, 1.807) is 12.1 Å². The lowest BCUT2D eigenvalue weighted by atomic mass is 10.1. The van der Waals surface area contributed by atoms with E-state index in [1.165, 1.54) is 12.1 Å². The Morgan fingerprint density at radius 1 is 0.926 bits per heavy atom. The van der Waals surface area contributed by atoms with Gasteiger partial charge in [0.15, 0.2) is 0 Å². The maximum atomic E-state index is 12.4. The van der Waals surface area contributed by atoms with Crippen molar-refractivity contribution in [1.82, 2.24) is 0 Å². The summed E-state index contributed by atoms with van der Waals surface area (Å²) in [5.74, 6) is -0.608. The van der Waals surface area contributed by atoms with Crippen molar-refractivity contribution in [2.24, 2.45) is 0 Å². The highest BCUT2D eigenvalue weighted by Crippen LogP contribution is 2.20. The Balaban J connectivity index is 1.57. The number of benzene rings is 3. The molecule has 0 aliphatic carbocycles. The second kappa shape index (κ2) is 8.60. The summed E-state index contributed by atoms with van der Waals surface area (Å²) >= 11 is 0. The Morgan fingerprint density at radius 2 is 1.63 bits per heavy atom. The number of hydrogen-bond donors (Lipinski definition) is 0. The minimum Gasteiger partial charge on any atom is -0.493 e. The molecule has 0 N–H and O–H groups in total. The maximum Gasteiger partial charge on any atom is 0.379 e. The van der Waals surface area contributed by atoms with Gasteiger partial charge in [-0.2, -0.15) is 0 Å². The summed E-state index contributed by atoms with van der Waals surface area (Å²) in [5.41, 5.74) is 0.204. The second-order valence-electron chi connectivity index (χ2n) is 5.75. The highest BCUT2D eigenvalue weighted by molar-refractivity contribution is 7.85. The molecule has 0 amide bonds. The Morgan fingerprint density at radius 3 is 2.33 bits per heavy atom. The van der Waals surface area contributed by atoms with Crippen molar-refractivity contribution < 1.29 is 23.3 Å². The summed E-state index contributed by atoms with van der Waals surface area (Å²) in [5, 5.41) is 2.22. The number of ketones is 1. The van der Waals surface area contributed by atoms with Gasteiger partial charge in [-0.1, -0.05) is 30.3 Å². The van der Waals surface area contributed by atoms with E-state index in [-0.39, 0.29) is 5.56 Å². The van der Waals surface area contributed by atoms with E-state index >= 15 is 0 Å². The van der Waals surface area contributed by atoms with Gasteiger partial charge in [0.25, 0.3) is 5.78 Å². The van der Waals surface area contributed by atoms with Crippen LogP contribution in [0.5, 0.6) is 5.75 Å². The van der Waals surface area contributed by atoms with Crippen molar-refractivity contribution in [2.45, 2.75) is 4.90 Å². The second-order valence-corrected chi connectivity index (χ2v) is 7.32. The average Bonchev–Trinajstić information content (AvgIpc) is 2.72. The van der Waals surface area contributed by atoms with Gasteiger partial charge in [-0.15, -0.1) is 0 Å². The predicted molar refractivity (Wildman–Crippen MR) is 104 cm³/mol. The van der Waals surface area contributed by atoms with Crippen LogP contribution in [0.2, 0.25) is 0 Å². The Bertz CT molecular complexity index is 995. The van der Waals surface area contributed by atoms with E-state index in [0.717, 1.165) is 23.6 Å². The first-order valence-electron chi connectivity index (χ1n) is 8.31. The minimum absolute atomic E-state index is 0.204. The first kappa shape index (κ1) is 18.8. The minimum atomic E-state index is -1.27. The molecular weight excluding hydrogens is 364 g/mol. The molecule has 0 heterocycles. The van der Waals surface area contributed by atoms with E-state index in [2.05, 4.69) is 4.74 Å². The molecule has 3 aromatic carbocycles. The van der Waals surface area contributed by atoms with Crippen molar-refractivity contribution >= 4 is 33.3 Å². The van der Waals surface area contributed by atoms with Crippen molar-refractivity contribution in [1.29, 1.82) is 0 Å². The Hall–Kier alpha value is -2.99. The highest BCUT2D eigenvalue weighted by Gasteiger charge is 2.16. The molecule has 0 aliphatic heterocycles. The molecular formula is C21H18O5S. The van der Waals surface area contributed by atoms with Crippen LogP contribution in [0.1, 0.15) is 10.4 Å². The monoisotopic (exact) mass is 382 g/mol. The van der Waals surface area contributed by atoms with Crippen molar-refractivity contribution in [3.05, 3.63) is 72.3 Å². The third kappa shape index (κ3) is 4.60.